The molecule has 3 saturated carbocycles. The van der Waals surface area contributed by atoms with E-state index in [1.165, 1.54) is 57.8 Å². The van der Waals surface area contributed by atoms with Crippen LogP contribution in [0.3, 0.4) is 0 Å². The van der Waals surface area contributed by atoms with Crippen LogP contribution in [-0.2, 0) is 14.3 Å². The van der Waals surface area contributed by atoms with Gasteiger partial charge in [0.1, 0.15) is 0 Å². The second kappa shape index (κ2) is 7.13. The Bertz CT molecular complexity index is 415. The van der Waals surface area contributed by atoms with Gasteiger partial charge in [0, 0.05) is 0 Å². The molecule has 4 aliphatic rings. The Balaban J connectivity index is 1.22. The van der Waals surface area contributed by atoms with Gasteiger partial charge in [-0.05, 0) is 49.9 Å². The maximum atomic E-state index is 12.5. The smallest absolute Gasteiger partial charge is 0.308 e. The molecule has 130 valence electrons. The summed E-state index contributed by atoms with van der Waals surface area (Å²) < 4.78 is 11.3. The zero-order valence-electron chi connectivity index (χ0n) is 14.4. The predicted octanol–water partition coefficient (Wildman–Crippen LogP) is 4.48. The van der Waals surface area contributed by atoms with E-state index in [1.54, 1.807) is 0 Å². The number of carbonyl (C=O) groups excluding carboxylic acids is 1. The van der Waals surface area contributed by atoms with Gasteiger partial charge >= 0.3 is 5.97 Å². The fraction of sp³-hybridized carbons (Fsp3) is 0.950. The molecule has 3 nitrogen and oxygen atoms in total. The topological polar surface area (TPSA) is 38.8 Å². The summed E-state index contributed by atoms with van der Waals surface area (Å²) in [6, 6.07) is 0. The lowest BCUT2D eigenvalue weighted by atomic mass is 9.70. The van der Waals surface area contributed by atoms with Crippen molar-refractivity contribution in [3.8, 4) is 0 Å². The minimum atomic E-state index is 0.101. The molecule has 0 radical (unpaired) electrons. The monoisotopic (exact) mass is 320 g/mol. The average molecular weight is 320 g/mol. The second-order valence-corrected chi connectivity index (χ2v) is 8.54. The van der Waals surface area contributed by atoms with Crippen molar-refractivity contribution < 1.29 is 14.3 Å². The number of hydrogen-bond acceptors (Lipinski definition) is 3. The van der Waals surface area contributed by atoms with Crippen LogP contribution >= 0.6 is 0 Å². The third-order valence-corrected chi connectivity index (χ3v) is 6.94. The van der Waals surface area contributed by atoms with Gasteiger partial charge in [0.15, 0.2) is 0 Å². The van der Waals surface area contributed by atoms with Crippen LogP contribution in [0.2, 0.25) is 0 Å². The van der Waals surface area contributed by atoms with E-state index in [1.807, 2.05) is 0 Å². The molecule has 5 atom stereocenters. The minimum Gasteiger partial charge on any atom is -0.465 e. The van der Waals surface area contributed by atoms with Crippen molar-refractivity contribution >= 4 is 5.97 Å². The largest absolute Gasteiger partial charge is 0.465 e. The average Bonchev–Trinajstić information content (AvgIpc) is 3.39. The third kappa shape index (κ3) is 3.92. The summed E-state index contributed by atoms with van der Waals surface area (Å²) in [5.41, 5.74) is 0. The van der Waals surface area contributed by atoms with Crippen molar-refractivity contribution in [2.24, 2.45) is 23.7 Å². The molecule has 0 spiro atoms. The van der Waals surface area contributed by atoms with Crippen molar-refractivity contribution in [2.45, 2.75) is 89.3 Å². The summed E-state index contributed by atoms with van der Waals surface area (Å²) in [5.74, 6) is 2.51. The van der Waals surface area contributed by atoms with Gasteiger partial charge in [-0.25, -0.2) is 0 Å². The zero-order chi connectivity index (χ0) is 15.6. The molecule has 0 amide bonds. The molecule has 0 N–H and O–H groups in total. The fourth-order valence-electron chi connectivity index (χ4n) is 5.43. The van der Waals surface area contributed by atoms with Crippen LogP contribution in [-0.4, -0.2) is 24.8 Å². The first-order valence-corrected chi connectivity index (χ1v) is 10.1. The van der Waals surface area contributed by atoms with Crippen LogP contribution in [0.5, 0.6) is 0 Å². The molecular weight excluding hydrogens is 288 g/mol. The molecule has 0 aromatic carbocycles. The lowest BCUT2D eigenvalue weighted by molar-refractivity contribution is -0.152. The van der Waals surface area contributed by atoms with Crippen molar-refractivity contribution in [3.63, 3.8) is 0 Å². The molecule has 3 aliphatic carbocycles. The van der Waals surface area contributed by atoms with Crippen LogP contribution in [0.15, 0.2) is 0 Å². The van der Waals surface area contributed by atoms with Crippen molar-refractivity contribution in [1.82, 2.24) is 0 Å². The van der Waals surface area contributed by atoms with E-state index in [0.717, 1.165) is 31.1 Å². The lowest BCUT2D eigenvalue weighted by Crippen LogP contribution is -2.30. The van der Waals surface area contributed by atoms with Crippen LogP contribution in [0.1, 0.15) is 77.0 Å². The molecule has 0 aromatic rings. The standard InChI is InChI=1S/C20H32O3/c21-20(22-13-14-9-10-18-19(11-14)23-18)17-8-4-7-16(12-17)15-5-2-1-3-6-15/h14-19H,1-13H2. The number of carbonyl (C=O) groups is 1. The number of esters is 1. The molecule has 1 aliphatic heterocycles. The van der Waals surface area contributed by atoms with Gasteiger partial charge in [0.2, 0.25) is 0 Å². The zero-order valence-corrected chi connectivity index (χ0v) is 14.4. The summed E-state index contributed by atoms with van der Waals surface area (Å²) in [6.45, 7) is 0.635. The molecule has 4 rings (SSSR count). The number of fused-ring (bicyclic) bond motifs is 1. The first kappa shape index (κ1) is 15.9. The molecule has 1 heterocycles. The Morgan fingerprint density at radius 2 is 1.65 bits per heavy atom. The van der Waals surface area contributed by atoms with Crippen LogP contribution in [0, 0.1) is 23.7 Å². The minimum absolute atomic E-state index is 0.101. The highest BCUT2D eigenvalue weighted by molar-refractivity contribution is 5.72. The van der Waals surface area contributed by atoms with Crippen LogP contribution in [0.4, 0.5) is 0 Å². The van der Waals surface area contributed by atoms with Gasteiger partial charge in [0.25, 0.3) is 0 Å². The lowest BCUT2D eigenvalue weighted by Gasteiger charge is -2.35. The highest BCUT2D eigenvalue weighted by atomic mass is 16.6. The molecule has 1 saturated heterocycles. The Morgan fingerprint density at radius 1 is 0.826 bits per heavy atom. The summed E-state index contributed by atoms with van der Waals surface area (Å²) in [7, 11) is 0. The Hall–Kier alpha value is -0.570. The third-order valence-electron chi connectivity index (χ3n) is 6.94. The van der Waals surface area contributed by atoms with E-state index in [4.69, 9.17) is 9.47 Å². The highest BCUT2D eigenvalue weighted by Gasteiger charge is 2.44. The SMILES string of the molecule is O=C(OCC1CCC2OC2C1)C1CCCC(C2CCCCC2)C1. The molecule has 0 bridgehead atoms. The predicted molar refractivity (Wildman–Crippen MR) is 89.0 cm³/mol. The van der Waals surface area contributed by atoms with E-state index in [-0.39, 0.29) is 11.9 Å². The highest BCUT2D eigenvalue weighted by Crippen LogP contribution is 2.41. The second-order valence-electron chi connectivity index (χ2n) is 8.54. The maximum absolute atomic E-state index is 12.5. The molecule has 0 aromatic heterocycles. The van der Waals surface area contributed by atoms with Crippen LogP contribution in [0.25, 0.3) is 0 Å². The number of ether oxygens (including phenoxy) is 2. The molecular formula is C20H32O3. The quantitative estimate of drug-likeness (QED) is 0.566. The molecule has 3 heteroatoms. The Morgan fingerprint density at radius 3 is 2.48 bits per heavy atom. The number of rotatable bonds is 4. The van der Waals surface area contributed by atoms with Gasteiger partial charge in [-0.2, -0.15) is 0 Å². The fourth-order valence-corrected chi connectivity index (χ4v) is 5.43. The summed E-state index contributed by atoms with van der Waals surface area (Å²) in [5, 5.41) is 0. The molecule has 4 fully saturated rings. The first-order chi connectivity index (χ1) is 11.3. The van der Waals surface area contributed by atoms with Crippen molar-refractivity contribution in [3.05, 3.63) is 0 Å². The maximum Gasteiger partial charge on any atom is 0.308 e. The van der Waals surface area contributed by atoms with Gasteiger partial charge in [-0.15, -0.1) is 0 Å². The van der Waals surface area contributed by atoms with E-state index in [0.29, 0.717) is 24.7 Å². The molecule has 23 heavy (non-hydrogen) atoms. The van der Waals surface area contributed by atoms with Gasteiger partial charge in [-0.1, -0.05) is 44.9 Å². The van der Waals surface area contributed by atoms with E-state index in [9.17, 15) is 4.79 Å². The van der Waals surface area contributed by atoms with Gasteiger partial charge in [0.05, 0.1) is 24.7 Å². The normalized spacial score (nSPS) is 41.1. The van der Waals surface area contributed by atoms with E-state index in [2.05, 4.69) is 0 Å². The first-order valence-electron chi connectivity index (χ1n) is 10.1. The summed E-state index contributed by atoms with van der Waals surface area (Å²) in [4.78, 5) is 12.5. The van der Waals surface area contributed by atoms with Crippen molar-refractivity contribution in [1.29, 1.82) is 0 Å². The van der Waals surface area contributed by atoms with Crippen LogP contribution < -0.4 is 0 Å². The Kier molecular flexibility index (Phi) is 4.93. The molecule has 5 unspecified atom stereocenters. The van der Waals surface area contributed by atoms with Gasteiger partial charge in [-0.3, -0.25) is 4.79 Å². The van der Waals surface area contributed by atoms with E-state index >= 15 is 0 Å². The summed E-state index contributed by atoms with van der Waals surface area (Å²) >= 11 is 0. The van der Waals surface area contributed by atoms with Crippen molar-refractivity contribution in [2.75, 3.05) is 6.61 Å². The number of epoxide rings is 1. The van der Waals surface area contributed by atoms with Gasteiger partial charge < -0.3 is 9.47 Å². The number of hydrogen-bond donors (Lipinski definition) is 0. The van der Waals surface area contributed by atoms with E-state index < -0.39 is 0 Å². The summed E-state index contributed by atoms with van der Waals surface area (Å²) in [6.07, 6.45) is 16.2. The Labute approximate surface area is 140 Å².